The van der Waals surface area contributed by atoms with E-state index in [1.807, 2.05) is 6.92 Å². The standard InChI is InChI=1S/C24H18ClF5N3O/c1-3-34-10-9-14-11-31-23-13(2)32-22(19-16(26)5-4-6-17(19)27)20-18(33(23)12-14)8-7-15(21(20)25)24(28,29)30/h4-13H,3H2,1-2H3/q+1/b10-9+/t13-/m0/s1. The third kappa shape index (κ3) is 4.27. The second kappa shape index (κ2) is 9.13. The van der Waals surface area contributed by atoms with Gasteiger partial charge in [0.1, 0.15) is 23.5 Å². The van der Waals surface area contributed by atoms with E-state index in [0.717, 1.165) is 24.3 Å². The third-order valence-electron chi connectivity index (χ3n) is 5.21. The average molecular weight is 495 g/mol. The lowest BCUT2D eigenvalue weighted by Gasteiger charge is -2.16. The van der Waals surface area contributed by atoms with Crippen LogP contribution >= 0.6 is 11.6 Å². The molecule has 1 aliphatic rings. The Morgan fingerprint density at radius 1 is 1.12 bits per heavy atom. The Morgan fingerprint density at radius 2 is 1.82 bits per heavy atom. The summed E-state index contributed by atoms with van der Waals surface area (Å²) in [5.74, 6) is -1.61. The summed E-state index contributed by atoms with van der Waals surface area (Å²) >= 11 is 6.28. The second-order valence-corrected chi connectivity index (χ2v) is 7.82. The number of hydrogen-bond donors (Lipinski definition) is 0. The van der Waals surface area contributed by atoms with Gasteiger partial charge in [0.15, 0.2) is 12.2 Å². The lowest BCUT2D eigenvalue weighted by Crippen LogP contribution is -2.38. The molecule has 0 radical (unpaired) electrons. The number of ether oxygens (including phenoxy) is 1. The van der Waals surface area contributed by atoms with Gasteiger partial charge in [-0.1, -0.05) is 22.7 Å². The number of fused-ring (bicyclic) bond motifs is 3. The van der Waals surface area contributed by atoms with Gasteiger partial charge in [-0.15, -0.1) is 0 Å². The maximum atomic E-state index is 14.8. The summed E-state index contributed by atoms with van der Waals surface area (Å²) in [5.41, 5.74) is -1.56. The first-order valence-corrected chi connectivity index (χ1v) is 10.6. The van der Waals surface area contributed by atoms with E-state index in [2.05, 4.69) is 9.98 Å². The van der Waals surface area contributed by atoms with Crippen molar-refractivity contribution in [1.29, 1.82) is 0 Å². The van der Waals surface area contributed by atoms with Crippen LogP contribution in [0.4, 0.5) is 22.0 Å². The fourth-order valence-electron chi connectivity index (χ4n) is 3.70. The molecule has 3 aromatic rings. The van der Waals surface area contributed by atoms with Crippen molar-refractivity contribution in [2.75, 3.05) is 6.61 Å². The van der Waals surface area contributed by atoms with Gasteiger partial charge in [-0.3, -0.25) is 4.99 Å². The molecule has 1 atom stereocenters. The molecule has 10 heteroatoms. The van der Waals surface area contributed by atoms with Gasteiger partial charge < -0.3 is 4.74 Å². The minimum Gasteiger partial charge on any atom is -0.501 e. The molecule has 176 valence electrons. The van der Waals surface area contributed by atoms with E-state index in [1.54, 1.807) is 19.2 Å². The van der Waals surface area contributed by atoms with Crippen molar-refractivity contribution in [2.24, 2.45) is 4.99 Å². The molecule has 1 aromatic heterocycles. The number of halogens is 6. The van der Waals surface area contributed by atoms with Gasteiger partial charge in [-0.05, 0) is 44.2 Å². The number of aliphatic imine (C=N–C) groups is 1. The van der Waals surface area contributed by atoms with E-state index in [-0.39, 0.29) is 17.0 Å². The molecule has 0 spiro atoms. The molecule has 0 amide bonds. The Labute approximate surface area is 197 Å². The van der Waals surface area contributed by atoms with Crippen molar-refractivity contribution in [2.45, 2.75) is 26.1 Å². The molecule has 0 bridgehead atoms. The highest BCUT2D eigenvalue weighted by molar-refractivity contribution is 6.37. The van der Waals surface area contributed by atoms with Gasteiger partial charge in [0, 0.05) is 0 Å². The van der Waals surface area contributed by atoms with Crippen LogP contribution in [0.25, 0.3) is 11.8 Å². The third-order valence-corrected chi connectivity index (χ3v) is 5.60. The highest BCUT2D eigenvalue weighted by Gasteiger charge is 2.39. The summed E-state index contributed by atoms with van der Waals surface area (Å²) < 4.78 is 77.4. The van der Waals surface area contributed by atoms with Gasteiger partial charge in [0.25, 0.3) is 0 Å². The highest BCUT2D eigenvalue weighted by Crippen LogP contribution is 2.40. The van der Waals surface area contributed by atoms with Crippen molar-refractivity contribution in [3.05, 3.63) is 93.7 Å². The fraction of sp³-hybridized carbons (Fsp3) is 0.208. The molecule has 2 aromatic carbocycles. The first-order valence-electron chi connectivity index (χ1n) is 10.3. The SMILES string of the molecule is CCO/C=C/c1cnc2[n+](c1)-c1ccc(C(F)(F)F)c(Cl)c1C(c1c(F)cccc1F)=N[C@H]2C. The summed E-state index contributed by atoms with van der Waals surface area (Å²) in [4.78, 5) is 8.81. The molecule has 4 nitrogen and oxygen atoms in total. The molecule has 0 fully saturated rings. The zero-order chi connectivity index (χ0) is 24.6. The van der Waals surface area contributed by atoms with E-state index < -0.39 is 40.0 Å². The normalized spacial score (nSPS) is 15.5. The number of aromatic nitrogens is 2. The van der Waals surface area contributed by atoms with Crippen LogP contribution in [0, 0.1) is 11.6 Å². The van der Waals surface area contributed by atoms with Crippen LogP contribution in [0.5, 0.6) is 0 Å². The number of nitrogens with zero attached hydrogens (tertiary/aromatic N) is 3. The predicted molar refractivity (Wildman–Crippen MR) is 117 cm³/mol. The summed E-state index contributed by atoms with van der Waals surface area (Å²) in [7, 11) is 0. The summed E-state index contributed by atoms with van der Waals surface area (Å²) in [5, 5.41) is -0.714. The number of hydrogen-bond acceptors (Lipinski definition) is 3. The van der Waals surface area contributed by atoms with Crippen LogP contribution < -0.4 is 4.57 Å². The van der Waals surface area contributed by atoms with Gasteiger partial charge >= 0.3 is 12.0 Å². The number of rotatable bonds is 4. The first kappa shape index (κ1) is 23.8. The molecular formula is C24H18ClF5N3O+. The summed E-state index contributed by atoms with van der Waals surface area (Å²) in [6.45, 7) is 3.88. The van der Waals surface area contributed by atoms with E-state index in [1.165, 1.54) is 23.1 Å². The maximum absolute atomic E-state index is 14.8. The second-order valence-electron chi connectivity index (χ2n) is 7.44. The van der Waals surface area contributed by atoms with Gasteiger partial charge in [0.05, 0.1) is 45.9 Å². The Bertz CT molecular complexity index is 1300. The Morgan fingerprint density at radius 3 is 2.47 bits per heavy atom. The lowest BCUT2D eigenvalue weighted by molar-refractivity contribution is -0.609. The van der Waals surface area contributed by atoms with Crippen LogP contribution in [-0.2, 0) is 10.9 Å². The lowest BCUT2D eigenvalue weighted by atomic mass is 9.97. The fourth-order valence-corrected chi connectivity index (χ4v) is 4.06. The summed E-state index contributed by atoms with van der Waals surface area (Å²) in [6, 6.07) is 4.42. The summed E-state index contributed by atoms with van der Waals surface area (Å²) in [6.07, 6.45) is 1.45. The molecule has 34 heavy (non-hydrogen) atoms. The van der Waals surface area contributed by atoms with Crippen LogP contribution in [0.15, 0.2) is 54.0 Å². The topological polar surface area (TPSA) is 38.4 Å². The Balaban J connectivity index is 2.07. The van der Waals surface area contributed by atoms with Crippen LogP contribution in [0.3, 0.4) is 0 Å². The average Bonchev–Trinajstić information content (AvgIpc) is 2.88. The molecule has 0 saturated heterocycles. The van der Waals surface area contributed by atoms with E-state index in [9.17, 15) is 22.0 Å². The molecular weight excluding hydrogens is 477 g/mol. The zero-order valence-electron chi connectivity index (χ0n) is 18.0. The monoisotopic (exact) mass is 494 g/mol. The van der Waals surface area contributed by atoms with E-state index >= 15 is 0 Å². The van der Waals surface area contributed by atoms with Crippen molar-refractivity contribution < 1.29 is 31.3 Å². The van der Waals surface area contributed by atoms with Gasteiger partial charge in [0.2, 0.25) is 0 Å². The minimum absolute atomic E-state index is 0.151. The van der Waals surface area contributed by atoms with Crippen LogP contribution in [-0.4, -0.2) is 17.3 Å². The molecule has 0 N–H and O–H groups in total. The molecule has 0 aliphatic carbocycles. The van der Waals surface area contributed by atoms with Gasteiger partial charge in [-0.2, -0.15) is 17.7 Å². The number of alkyl halides is 3. The quantitative estimate of drug-likeness (QED) is 0.245. The predicted octanol–water partition coefficient (Wildman–Crippen LogP) is 6.23. The van der Waals surface area contributed by atoms with Gasteiger partial charge in [-0.25, -0.2) is 8.78 Å². The molecule has 0 saturated carbocycles. The van der Waals surface area contributed by atoms with E-state index in [4.69, 9.17) is 16.3 Å². The van der Waals surface area contributed by atoms with Crippen molar-refractivity contribution in [1.82, 2.24) is 4.98 Å². The largest absolute Gasteiger partial charge is 0.501 e. The van der Waals surface area contributed by atoms with Crippen molar-refractivity contribution >= 4 is 23.4 Å². The molecule has 0 unspecified atom stereocenters. The smallest absolute Gasteiger partial charge is 0.417 e. The molecule has 4 rings (SSSR count). The maximum Gasteiger partial charge on any atom is 0.417 e. The van der Waals surface area contributed by atoms with Crippen molar-refractivity contribution in [3.63, 3.8) is 0 Å². The Kier molecular flexibility index (Phi) is 6.40. The zero-order valence-corrected chi connectivity index (χ0v) is 18.8. The minimum atomic E-state index is -4.79. The number of benzene rings is 2. The molecule has 2 heterocycles. The van der Waals surface area contributed by atoms with E-state index in [0.29, 0.717) is 18.0 Å². The highest BCUT2D eigenvalue weighted by atomic mass is 35.5. The van der Waals surface area contributed by atoms with Crippen LogP contribution in [0.1, 0.15) is 48.0 Å². The molecule has 1 aliphatic heterocycles. The van der Waals surface area contributed by atoms with Crippen molar-refractivity contribution in [3.8, 4) is 5.69 Å². The Hall–Kier alpha value is -3.33. The van der Waals surface area contributed by atoms with Crippen LogP contribution in [0.2, 0.25) is 5.02 Å². The first-order chi connectivity index (χ1) is 16.1.